The molecule has 0 radical (unpaired) electrons. The van der Waals surface area contributed by atoms with Gasteiger partial charge in [0.15, 0.2) is 6.61 Å². The molecule has 27 heavy (non-hydrogen) atoms. The van der Waals surface area contributed by atoms with E-state index in [-0.39, 0.29) is 12.5 Å². The predicted octanol–water partition coefficient (Wildman–Crippen LogP) is 3.67. The summed E-state index contributed by atoms with van der Waals surface area (Å²) in [6.07, 6.45) is 6.39. The average molecular weight is 357 g/mol. The maximum atomic E-state index is 11.9. The Hall–Kier alpha value is -3.39. The summed E-state index contributed by atoms with van der Waals surface area (Å²) in [5.41, 5.74) is 6.34. The monoisotopic (exact) mass is 357 g/mol. The molecule has 0 heterocycles. The van der Waals surface area contributed by atoms with Crippen LogP contribution in [0.25, 0.3) is 11.1 Å². The molecule has 2 atom stereocenters. The van der Waals surface area contributed by atoms with Gasteiger partial charge in [0.25, 0.3) is 5.91 Å². The molecule has 0 spiro atoms. The molecule has 4 rings (SSSR count). The van der Waals surface area contributed by atoms with Crippen molar-refractivity contribution in [3.63, 3.8) is 0 Å². The summed E-state index contributed by atoms with van der Waals surface area (Å²) in [6, 6.07) is 17.0. The first-order valence-corrected chi connectivity index (χ1v) is 8.98. The van der Waals surface area contributed by atoms with Gasteiger partial charge in [-0.1, -0.05) is 36.4 Å². The number of amides is 1. The third kappa shape index (κ3) is 3.75. The van der Waals surface area contributed by atoms with Crippen molar-refractivity contribution in [3.05, 3.63) is 66.2 Å². The summed E-state index contributed by atoms with van der Waals surface area (Å²) < 4.78 is 5.53. The molecule has 2 unspecified atom stereocenters. The number of carbonyl (C=O) groups is 1. The minimum atomic E-state index is -0.256. The first-order valence-electron chi connectivity index (χ1n) is 8.98. The zero-order valence-corrected chi connectivity index (χ0v) is 14.8. The fraction of sp³-hybridized carbons (Fsp3) is 0.227. The largest absolute Gasteiger partial charge is 0.484 e. The second-order valence-corrected chi connectivity index (χ2v) is 6.78. The Bertz CT molecular complexity index is 937. The van der Waals surface area contributed by atoms with Crippen LogP contribution in [0.1, 0.15) is 18.4 Å². The van der Waals surface area contributed by atoms with Crippen molar-refractivity contribution >= 4 is 11.6 Å². The van der Waals surface area contributed by atoms with Gasteiger partial charge in [0, 0.05) is 11.6 Å². The Morgan fingerprint density at radius 3 is 2.52 bits per heavy atom. The van der Waals surface area contributed by atoms with Crippen molar-refractivity contribution in [1.29, 1.82) is 5.26 Å². The molecule has 134 valence electrons. The molecule has 2 aromatic carbocycles. The van der Waals surface area contributed by atoms with Gasteiger partial charge in [0.05, 0.1) is 11.6 Å². The summed E-state index contributed by atoms with van der Waals surface area (Å²) in [5.74, 6) is 1.47. The predicted molar refractivity (Wildman–Crippen MR) is 103 cm³/mol. The minimum absolute atomic E-state index is 0.0701. The van der Waals surface area contributed by atoms with Crippen LogP contribution in [0.4, 0.5) is 0 Å². The van der Waals surface area contributed by atoms with Crippen LogP contribution in [0, 0.1) is 23.2 Å². The van der Waals surface area contributed by atoms with E-state index in [2.05, 4.69) is 28.7 Å². The Labute approximate surface area is 158 Å². The van der Waals surface area contributed by atoms with Crippen molar-refractivity contribution in [1.82, 2.24) is 5.43 Å². The number of nitrogens with one attached hydrogen (secondary N) is 1. The van der Waals surface area contributed by atoms with Crippen molar-refractivity contribution in [3.8, 4) is 22.9 Å². The number of hydrazone groups is 1. The van der Waals surface area contributed by atoms with Crippen molar-refractivity contribution in [2.45, 2.75) is 12.8 Å². The highest BCUT2D eigenvalue weighted by Gasteiger charge is 2.37. The summed E-state index contributed by atoms with van der Waals surface area (Å²) in [5, 5.41) is 13.1. The molecule has 2 aromatic rings. The van der Waals surface area contributed by atoms with E-state index in [1.54, 1.807) is 12.1 Å². The van der Waals surface area contributed by atoms with Gasteiger partial charge in [-0.2, -0.15) is 10.4 Å². The van der Waals surface area contributed by atoms with Crippen LogP contribution in [0.15, 0.2) is 65.8 Å². The number of allylic oxidation sites excluding steroid dienone is 2. The number of rotatable bonds is 5. The zero-order chi connectivity index (χ0) is 18.6. The normalized spacial score (nSPS) is 21.2. The highest BCUT2D eigenvalue weighted by molar-refractivity contribution is 5.94. The molecule has 5 heteroatoms. The smallest absolute Gasteiger partial charge is 0.277 e. The number of carbonyl (C=O) groups excluding carboxylic acids is 1. The molecule has 2 aliphatic rings. The van der Waals surface area contributed by atoms with E-state index in [0.29, 0.717) is 23.1 Å². The number of ether oxygens (including phenoxy) is 1. The first kappa shape index (κ1) is 17.0. The van der Waals surface area contributed by atoms with E-state index >= 15 is 0 Å². The fourth-order valence-corrected chi connectivity index (χ4v) is 3.46. The second kappa shape index (κ2) is 7.46. The van der Waals surface area contributed by atoms with Crippen molar-refractivity contribution < 1.29 is 9.53 Å². The molecule has 1 amide bonds. The number of hydrogen-bond acceptors (Lipinski definition) is 4. The van der Waals surface area contributed by atoms with E-state index in [1.165, 1.54) is 0 Å². The average Bonchev–Trinajstić information content (AvgIpc) is 3.08. The van der Waals surface area contributed by atoms with Crippen LogP contribution in [-0.2, 0) is 4.79 Å². The SMILES string of the molecule is N#Cc1ccc(-c2ccc(OCC(=O)N/N=C3/CC4C=CCC34)cc2)cc1. The van der Waals surface area contributed by atoms with E-state index < -0.39 is 0 Å². The summed E-state index contributed by atoms with van der Waals surface area (Å²) in [7, 11) is 0. The number of nitriles is 1. The number of nitrogens with zero attached hydrogens (tertiary/aromatic N) is 2. The number of hydrogen-bond donors (Lipinski definition) is 1. The topological polar surface area (TPSA) is 74.5 Å². The van der Waals surface area contributed by atoms with Gasteiger partial charge in [0.1, 0.15) is 5.75 Å². The fourth-order valence-electron chi connectivity index (χ4n) is 3.46. The second-order valence-electron chi connectivity index (χ2n) is 6.78. The number of fused-ring (bicyclic) bond motifs is 1. The van der Waals surface area contributed by atoms with Gasteiger partial charge >= 0.3 is 0 Å². The lowest BCUT2D eigenvalue weighted by Gasteiger charge is -2.31. The van der Waals surface area contributed by atoms with Crippen LogP contribution < -0.4 is 10.2 Å². The quantitative estimate of drug-likeness (QED) is 0.655. The molecule has 0 bridgehead atoms. The summed E-state index contributed by atoms with van der Waals surface area (Å²) in [4.78, 5) is 11.9. The molecular formula is C22H19N3O2. The highest BCUT2D eigenvalue weighted by Crippen LogP contribution is 2.40. The van der Waals surface area contributed by atoms with Gasteiger partial charge in [-0.05, 0) is 54.2 Å². The van der Waals surface area contributed by atoms with Gasteiger partial charge < -0.3 is 4.74 Å². The van der Waals surface area contributed by atoms with Crippen LogP contribution in [-0.4, -0.2) is 18.2 Å². The van der Waals surface area contributed by atoms with Crippen molar-refractivity contribution in [2.24, 2.45) is 16.9 Å². The molecule has 2 aliphatic carbocycles. The Morgan fingerprint density at radius 2 is 1.85 bits per heavy atom. The Balaban J connectivity index is 1.27. The maximum Gasteiger partial charge on any atom is 0.277 e. The molecule has 0 aromatic heterocycles. The van der Waals surface area contributed by atoms with Gasteiger partial charge in [-0.25, -0.2) is 5.43 Å². The van der Waals surface area contributed by atoms with Crippen LogP contribution in [0.5, 0.6) is 5.75 Å². The van der Waals surface area contributed by atoms with Crippen LogP contribution in [0.3, 0.4) is 0 Å². The van der Waals surface area contributed by atoms with Crippen LogP contribution in [0.2, 0.25) is 0 Å². The number of benzene rings is 2. The molecular weight excluding hydrogens is 338 g/mol. The van der Waals surface area contributed by atoms with Crippen molar-refractivity contribution in [2.75, 3.05) is 6.61 Å². The molecule has 1 N–H and O–H groups in total. The Morgan fingerprint density at radius 1 is 1.15 bits per heavy atom. The van der Waals surface area contributed by atoms with Gasteiger partial charge in [-0.15, -0.1) is 0 Å². The van der Waals surface area contributed by atoms with E-state index in [9.17, 15) is 4.79 Å². The zero-order valence-electron chi connectivity index (χ0n) is 14.8. The van der Waals surface area contributed by atoms with Gasteiger partial charge in [0.2, 0.25) is 0 Å². The molecule has 0 aliphatic heterocycles. The molecule has 1 fully saturated rings. The van der Waals surface area contributed by atoms with Gasteiger partial charge in [-0.3, -0.25) is 4.79 Å². The minimum Gasteiger partial charge on any atom is -0.484 e. The molecule has 0 saturated heterocycles. The molecule has 5 nitrogen and oxygen atoms in total. The first-order chi connectivity index (χ1) is 13.2. The maximum absolute atomic E-state index is 11.9. The third-order valence-electron chi connectivity index (χ3n) is 5.06. The van der Waals surface area contributed by atoms with E-state index in [0.717, 1.165) is 29.7 Å². The van der Waals surface area contributed by atoms with E-state index in [1.807, 2.05) is 36.4 Å². The highest BCUT2D eigenvalue weighted by atomic mass is 16.5. The van der Waals surface area contributed by atoms with E-state index in [4.69, 9.17) is 10.00 Å². The summed E-state index contributed by atoms with van der Waals surface area (Å²) >= 11 is 0. The van der Waals surface area contributed by atoms with Crippen LogP contribution >= 0.6 is 0 Å². The molecule has 1 saturated carbocycles. The lowest BCUT2D eigenvalue weighted by Crippen LogP contribution is -2.36. The summed E-state index contributed by atoms with van der Waals surface area (Å²) in [6.45, 7) is -0.0701. The lowest BCUT2D eigenvalue weighted by molar-refractivity contribution is -0.123. The standard InChI is InChI=1S/C22H19N3O2/c23-13-15-4-6-16(7-5-15)17-8-10-19(11-9-17)27-14-22(26)25-24-21-12-18-2-1-3-20(18)21/h1-2,4-11,18,20H,3,12,14H2,(H,25,26)/b24-21-. The lowest BCUT2D eigenvalue weighted by atomic mass is 9.74. The Kier molecular flexibility index (Phi) is 4.71. The third-order valence-corrected chi connectivity index (χ3v) is 5.06.